The zero-order valence-electron chi connectivity index (χ0n) is 18.5. The summed E-state index contributed by atoms with van der Waals surface area (Å²) < 4.78 is 5.75. The number of anilines is 1. The third-order valence-corrected chi connectivity index (χ3v) is 6.56. The summed E-state index contributed by atoms with van der Waals surface area (Å²) in [6.07, 6.45) is 5.25. The van der Waals surface area contributed by atoms with E-state index in [1.54, 1.807) is 0 Å². The summed E-state index contributed by atoms with van der Waals surface area (Å²) in [7, 11) is 0. The third-order valence-electron chi connectivity index (χ3n) is 5.62. The number of hydrogen-bond donors (Lipinski definition) is 2. The summed E-state index contributed by atoms with van der Waals surface area (Å²) in [5.41, 5.74) is 1.03. The predicted octanol–water partition coefficient (Wildman–Crippen LogP) is 5.24. The van der Waals surface area contributed by atoms with Crippen LogP contribution in [0.3, 0.4) is 0 Å². The summed E-state index contributed by atoms with van der Waals surface area (Å²) in [5.74, 6) is 2.43. The Labute approximate surface area is 207 Å². The van der Waals surface area contributed by atoms with Crippen molar-refractivity contribution >= 4 is 47.0 Å². The largest absolute Gasteiger partial charge is 0.491 e. The van der Waals surface area contributed by atoms with Crippen LogP contribution in [0.4, 0.5) is 5.69 Å². The fourth-order valence-electron chi connectivity index (χ4n) is 3.93. The lowest BCUT2D eigenvalue weighted by Crippen LogP contribution is -2.33. The number of hydrogen-bond acceptors (Lipinski definition) is 4. The van der Waals surface area contributed by atoms with Gasteiger partial charge in [-0.25, -0.2) is 0 Å². The molecule has 1 saturated heterocycles. The van der Waals surface area contributed by atoms with Crippen LogP contribution in [-0.4, -0.2) is 49.2 Å². The molecule has 0 radical (unpaired) electrons. The molecule has 1 aliphatic heterocycles. The Balaban J connectivity index is 0.00000272. The van der Waals surface area contributed by atoms with E-state index in [9.17, 15) is 0 Å². The number of ether oxygens (including phenoxy) is 1. The van der Waals surface area contributed by atoms with Crippen molar-refractivity contribution in [3.8, 4) is 5.75 Å². The highest BCUT2D eigenvalue weighted by Crippen LogP contribution is 2.31. The molecule has 4 rings (SSSR count). The van der Waals surface area contributed by atoms with Gasteiger partial charge < -0.3 is 20.3 Å². The monoisotopic (exact) mass is 554 g/mol. The lowest BCUT2D eigenvalue weighted by atomic mass is 10.1. The molecular formula is C24H35IN4OS. The van der Waals surface area contributed by atoms with E-state index >= 15 is 0 Å². The van der Waals surface area contributed by atoms with Crippen molar-refractivity contribution in [2.24, 2.45) is 10.9 Å². The molecule has 31 heavy (non-hydrogen) atoms. The summed E-state index contributed by atoms with van der Waals surface area (Å²) in [5, 5.41) is 9.14. The first-order valence-corrected chi connectivity index (χ1v) is 12.1. The van der Waals surface area contributed by atoms with Crippen molar-refractivity contribution in [3.63, 3.8) is 0 Å². The van der Waals surface area contributed by atoms with Crippen LogP contribution in [0.15, 0.2) is 46.8 Å². The highest BCUT2D eigenvalue weighted by molar-refractivity contribution is 14.0. The summed E-state index contributed by atoms with van der Waals surface area (Å²) in [6.45, 7) is 8.30. The second-order valence-electron chi connectivity index (χ2n) is 8.64. The van der Waals surface area contributed by atoms with E-state index in [0.29, 0.717) is 5.92 Å². The average Bonchev–Trinajstić information content (AvgIpc) is 3.24. The summed E-state index contributed by atoms with van der Waals surface area (Å²) in [4.78, 5) is 9.00. The standard InChI is InChI=1S/C24H34N4OS.HI/c1-18(2)29-22-9-5-20(6-10-22)27-24(25-13-11-23-4-3-15-30-23)26-16-19-12-14-28(17-19)21-7-8-21;/h3-6,9-10,15,18-19,21H,7-8,11-14,16-17H2,1-2H3,(H2,25,26,27);1H. The van der Waals surface area contributed by atoms with Gasteiger partial charge in [-0.05, 0) is 87.7 Å². The number of thiophene rings is 1. The number of halogens is 1. The van der Waals surface area contributed by atoms with Gasteiger partial charge in [-0.2, -0.15) is 0 Å². The fraction of sp³-hybridized carbons (Fsp3) is 0.542. The van der Waals surface area contributed by atoms with Crippen LogP contribution in [0.1, 0.15) is 38.0 Å². The molecule has 2 N–H and O–H groups in total. The van der Waals surface area contributed by atoms with Crippen molar-refractivity contribution < 1.29 is 4.74 Å². The van der Waals surface area contributed by atoms with Gasteiger partial charge in [0, 0.05) is 36.2 Å². The van der Waals surface area contributed by atoms with Gasteiger partial charge in [0.05, 0.1) is 6.10 Å². The van der Waals surface area contributed by atoms with Crippen LogP contribution in [-0.2, 0) is 6.42 Å². The van der Waals surface area contributed by atoms with Gasteiger partial charge in [-0.15, -0.1) is 35.3 Å². The van der Waals surface area contributed by atoms with Gasteiger partial charge in [0.15, 0.2) is 5.96 Å². The molecule has 2 fully saturated rings. The lowest BCUT2D eigenvalue weighted by molar-refractivity contribution is 0.242. The van der Waals surface area contributed by atoms with Gasteiger partial charge in [0.1, 0.15) is 5.75 Å². The quantitative estimate of drug-likeness (QED) is 0.253. The molecule has 0 spiro atoms. The minimum absolute atomic E-state index is 0. The molecule has 1 aliphatic carbocycles. The van der Waals surface area contributed by atoms with Gasteiger partial charge >= 0.3 is 0 Å². The molecule has 2 heterocycles. The number of nitrogens with one attached hydrogen (secondary N) is 2. The molecule has 1 unspecified atom stereocenters. The van der Waals surface area contributed by atoms with E-state index in [4.69, 9.17) is 9.73 Å². The van der Waals surface area contributed by atoms with Gasteiger partial charge in [-0.1, -0.05) is 6.07 Å². The minimum Gasteiger partial charge on any atom is -0.491 e. The molecule has 170 valence electrons. The Morgan fingerprint density at radius 2 is 2.00 bits per heavy atom. The molecule has 2 aliphatic rings. The van der Waals surface area contributed by atoms with Gasteiger partial charge in [-0.3, -0.25) is 4.99 Å². The maximum Gasteiger partial charge on any atom is 0.195 e. The Hall–Kier alpha value is -1.32. The number of rotatable bonds is 9. The van der Waals surface area contributed by atoms with E-state index in [-0.39, 0.29) is 30.1 Å². The molecule has 0 bridgehead atoms. The number of benzene rings is 1. The number of nitrogens with zero attached hydrogens (tertiary/aromatic N) is 2. The number of likely N-dealkylation sites (tertiary alicyclic amines) is 1. The van der Waals surface area contributed by atoms with E-state index in [1.807, 2.05) is 37.3 Å². The summed E-state index contributed by atoms with van der Waals surface area (Å²) in [6, 6.07) is 13.3. The first-order valence-electron chi connectivity index (χ1n) is 11.2. The zero-order valence-corrected chi connectivity index (χ0v) is 21.7. The Morgan fingerprint density at radius 1 is 1.19 bits per heavy atom. The first-order chi connectivity index (χ1) is 14.7. The molecule has 1 aromatic heterocycles. The Kier molecular flexibility index (Phi) is 9.47. The molecule has 2 aromatic rings. The van der Waals surface area contributed by atoms with Gasteiger partial charge in [0.2, 0.25) is 0 Å². The summed E-state index contributed by atoms with van der Waals surface area (Å²) >= 11 is 1.81. The molecule has 1 aromatic carbocycles. The molecule has 0 amide bonds. The fourth-order valence-corrected chi connectivity index (χ4v) is 4.64. The molecule has 1 atom stereocenters. The van der Waals surface area contributed by atoms with Crippen molar-refractivity contribution in [1.29, 1.82) is 0 Å². The van der Waals surface area contributed by atoms with Crippen molar-refractivity contribution in [1.82, 2.24) is 10.2 Å². The maximum atomic E-state index is 5.75. The Morgan fingerprint density at radius 3 is 2.68 bits per heavy atom. The zero-order chi connectivity index (χ0) is 20.8. The lowest BCUT2D eigenvalue weighted by Gasteiger charge is -2.16. The average molecular weight is 555 g/mol. The van der Waals surface area contributed by atoms with E-state index in [2.05, 4.69) is 45.2 Å². The SMILES string of the molecule is CC(C)Oc1ccc(NC(=NCC2CCN(C3CC3)C2)NCCc2cccs2)cc1.I. The molecular weight excluding hydrogens is 519 g/mol. The predicted molar refractivity (Wildman–Crippen MR) is 142 cm³/mol. The number of guanidine groups is 1. The Bertz CT molecular complexity index is 805. The molecule has 5 nitrogen and oxygen atoms in total. The second kappa shape index (κ2) is 12.1. The third kappa shape index (κ3) is 7.95. The smallest absolute Gasteiger partial charge is 0.195 e. The van der Waals surface area contributed by atoms with Crippen LogP contribution in [0.5, 0.6) is 5.75 Å². The minimum atomic E-state index is 0. The van der Waals surface area contributed by atoms with Crippen LogP contribution >= 0.6 is 35.3 Å². The van der Waals surface area contributed by atoms with Crippen LogP contribution in [0.2, 0.25) is 0 Å². The highest BCUT2D eigenvalue weighted by atomic mass is 127. The molecule has 7 heteroatoms. The van der Waals surface area contributed by atoms with Crippen molar-refractivity contribution in [2.45, 2.75) is 51.7 Å². The van der Waals surface area contributed by atoms with E-state index in [0.717, 1.165) is 42.9 Å². The highest BCUT2D eigenvalue weighted by Gasteiger charge is 2.34. The van der Waals surface area contributed by atoms with Gasteiger partial charge in [0.25, 0.3) is 0 Å². The number of aliphatic imine (C=N–C) groups is 1. The maximum absolute atomic E-state index is 5.75. The van der Waals surface area contributed by atoms with Crippen molar-refractivity contribution in [3.05, 3.63) is 46.7 Å². The van der Waals surface area contributed by atoms with Crippen molar-refractivity contribution in [2.75, 3.05) is 31.5 Å². The first kappa shape index (κ1) is 24.3. The van der Waals surface area contributed by atoms with E-state index < -0.39 is 0 Å². The topological polar surface area (TPSA) is 48.9 Å². The normalized spacial score (nSPS) is 19.3. The van der Waals surface area contributed by atoms with Crippen LogP contribution in [0.25, 0.3) is 0 Å². The van der Waals surface area contributed by atoms with Crippen LogP contribution < -0.4 is 15.4 Å². The molecule has 1 saturated carbocycles. The van der Waals surface area contributed by atoms with E-state index in [1.165, 1.54) is 37.2 Å². The second-order valence-corrected chi connectivity index (χ2v) is 9.67. The van der Waals surface area contributed by atoms with Crippen LogP contribution in [0, 0.1) is 5.92 Å².